The van der Waals surface area contributed by atoms with Gasteiger partial charge in [0.25, 0.3) is 0 Å². The van der Waals surface area contributed by atoms with Crippen molar-refractivity contribution in [1.82, 2.24) is 4.31 Å². The summed E-state index contributed by atoms with van der Waals surface area (Å²) in [5, 5.41) is 0. The van der Waals surface area contributed by atoms with Crippen LogP contribution in [0.25, 0.3) is 6.08 Å². The van der Waals surface area contributed by atoms with Gasteiger partial charge in [-0.2, -0.15) is 0 Å². The van der Waals surface area contributed by atoms with Gasteiger partial charge in [0, 0.05) is 23.9 Å². The first-order valence-corrected chi connectivity index (χ1v) is 12.8. The summed E-state index contributed by atoms with van der Waals surface area (Å²) in [5.41, 5.74) is 2.36. The molecule has 0 N–H and O–H groups in total. The topological polar surface area (TPSA) is 49.9 Å². The molecule has 2 saturated carbocycles. The van der Waals surface area contributed by atoms with Gasteiger partial charge in [-0.15, -0.1) is 0 Å². The highest BCUT2D eigenvalue weighted by molar-refractivity contribution is 7.89. The maximum Gasteiger partial charge on any atom is 0.214 e. The van der Waals surface area contributed by atoms with Gasteiger partial charge in [-0.05, 0) is 54.6 Å². The van der Waals surface area contributed by atoms with E-state index in [-0.39, 0.29) is 27.6 Å². The molecule has 2 bridgehead atoms. The molecule has 4 fully saturated rings. The van der Waals surface area contributed by atoms with Crippen LogP contribution in [0.15, 0.2) is 30.3 Å². The van der Waals surface area contributed by atoms with Gasteiger partial charge < -0.3 is 4.74 Å². The van der Waals surface area contributed by atoms with E-state index in [0.717, 1.165) is 38.7 Å². The van der Waals surface area contributed by atoms with Crippen molar-refractivity contribution >= 4 is 16.1 Å². The molecule has 2 spiro atoms. The van der Waals surface area contributed by atoms with Crippen LogP contribution in [0.5, 0.6) is 0 Å². The maximum atomic E-state index is 13.6. The molecule has 0 radical (unpaired) electrons. The lowest BCUT2D eigenvalue weighted by atomic mass is 9.66. The number of benzene rings is 1. The van der Waals surface area contributed by atoms with Crippen LogP contribution in [0.2, 0.25) is 0 Å². The normalized spacial score (nSPS) is 38.8. The van der Waals surface area contributed by atoms with Gasteiger partial charge in [-0.25, -0.2) is 12.7 Å². The summed E-state index contributed by atoms with van der Waals surface area (Å²) in [7, 11) is -3.31. The van der Waals surface area contributed by atoms with E-state index >= 15 is 0 Å². The van der Waals surface area contributed by atoms with Crippen LogP contribution in [-0.2, 0) is 20.2 Å². The Kier molecular flexibility index (Phi) is 3.55. The lowest BCUT2D eigenvalue weighted by Gasteiger charge is -2.44. The van der Waals surface area contributed by atoms with E-state index in [0.29, 0.717) is 19.0 Å². The number of sulfonamides is 1. The second kappa shape index (κ2) is 5.54. The third kappa shape index (κ3) is 2.25. The summed E-state index contributed by atoms with van der Waals surface area (Å²) < 4.78 is 35.0. The number of hydrogen-bond donors (Lipinski definition) is 0. The molecule has 5 aliphatic rings. The molecule has 5 heteroatoms. The second-order valence-corrected chi connectivity index (χ2v) is 12.7. The number of rotatable bonds is 3. The largest absolute Gasteiger partial charge is 0.369 e. The van der Waals surface area contributed by atoms with Crippen LogP contribution in [0.1, 0.15) is 57.1 Å². The molecule has 3 atom stereocenters. The molecule has 0 aromatic heterocycles. The van der Waals surface area contributed by atoms with E-state index in [4.69, 9.17) is 4.74 Å². The lowest BCUT2D eigenvalue weighted by molar-refractivity contribution is 0.0716. The van der Waals surface area contributed by atoms with Crippen molar-refractivity contribution < 1.29 is 13.2 Å². The predicted octanol–water partition coefficient (Wildman–Crippen LogP) is 3.97. The van der Waals surface area contributed by atoms with Gasteiger partial charge in [0.1, 0.15) is 0 Å². The van der Waals surface area contributed by atoms with E-state index in [2.05, 4.69) is 50.3 Å². The Hall–Kier alpha value is -1.17. The van der Waals surface area contributed by atoms with Crippen molar-refractivity contribution in [2.75, 3.05) is 25.4 Å². The molecule has 2 heterocycles. The van der Waals surface area contributed by atoms with Crippen LogP contribution >= 0.6 is 0 Å². The Morgan fingerprint density at radius 1 is 1.14 bits per heavy atom. The Balaban J connectivity index is 1.24. The molecule has 2 aliphatic heterocycles. The zero-order valence-electron chi connectivity index (χ0n) is 17.5. The molecular formula is C24H31NO3S. The fraction of sp³-hybridized carbons (Fsp3) is 0.667. The summed E-state index contributed by atoms with van der Waals surface area (Å²) in [6, 6.07) is 8.56. The monoisotopic (exact) mass is 413 g/mol. The third-order valence-corrected chi connectivity index (χ3v) is 11.6. The average Bonchev–Trinajstić information content (AvgIpc) is 3.29. The summed E-state index contributed by atoms with van der Waals surface area (Å²) in [6.45, 7) is 6.58. The van der Waals surface area contributed by atoms with Crippen LogP contribution in [0.3, 0.4) is 0 Å². The minimum atomic E-state index is -3.31. The van der Waals surface area contributed by atoms with Crippen molar-refractivity contribution in [2.45, 2.75) is 57.0 Å². The minimum absolute atomic E-state index is 0.0206. The minimum Gasteiger partial charge on any atom is -0.369 e. The Morgan fingerprint density at radius 3 is 2.55 bits per heavy atom. The van der Waals surface area contributed by atoms with Crippen LogP contribution in [-0.4, -0.2) is 43.8 Å². The highest BCUT2D eigenvalue weighted by Crippen LogP contribution is 2.75. The van der Waals surface area contributed by atoms with Crippen molar-refractivity contribution in [1.29, 1.82) is 0 Å². The van der Waals surface area contributed by atoms with Gasteiger partial charge in [0.2, 0.25) is 10.0 Å². The summed E-state index contributed by atoms with van der Waals surface area (Å²) in [6.07, 6.45) is 9.48. The van der Waals surface area contributed by atoms with Crippen LogP contribution < -0.4 is 0 Å². The van der Waals surface area contributed by atoms with E-state index in [9.17, 15) is 8.42 Å². The summed E-state index contributed by atoms with van der Waals surface area (Å²) in [4.78, 5) is 0. The molecule has 29 heavy (non-hydrogen) atoms. The molecule has 1 unspecified atom stereocenters. The first kappa shape index (κ1) is 18.6. The predicted molar refractivity (Wildman–Crippen MR) is 114 cm³/mol. The number of piperidine rings is 1. The summed E-state index contributed by atoms with van der Waals surface area (Å²) >= 11 is 0. The zero-order valence-corrected chi connectivity index (χ0v) is 18.3. The molecule has 3 aliphatic carbocycles. The quantitative estimate of drug-likeness (QED) is 0.705. The van der Waals surface area contributed by atoms with Gasteiger partial charge in [0.05, 0.1) is 18.0 Å². The Labute approximate surface area is 174 Å². The molecule has 0 amide bonds. The molecular weight excluding hydrogens is 382 g/mol. The van der Waals surface area contributed by atoms with Gasteiger partial charge in [-0.1, -0.05) is 50.3 Å². The first-order valence-electron chi connectivity index (χ1n) is 11.1. The molecule has 2 saturated heterocycles. The van der Waals surface area contributed by atoms with E-state index < -0.39 is 10.0 Å². The van der Waals surface area contributed by atoms with Crippen LogP contribution in [0, 0.1) is 16.7 Å². The molecule has 1 aromatic carbocycles. The van der Waals surface area contributed by atoms with Crippen molar-refractivity contribution in [3.63, 3.8) is 0 Å². The number of ether oxygens (including phenoxy) is 1. The van der Waals surface area contributed by atoms with Crippen LogP contribution in [0.4, 0.5) is 0 Å². The molecule has 1 aromatic rings. The second-order valence-electron chi connectivity index (χ2n) is 10.8. The van der Waals surface area contributed by atoms with Crippen molar-refractivity contribution in [3.05, 3.63) is 41.5 Å². The molecule has 4 nitrogen and oxygen atoms in total. The lowest BCUT2D eigenvalue weighted by Crippen LogP contribution is -2.52. The highest BCUT2D eigenvalue weighted by atomic mass is 32.2. The standard InChI is InChI=1S/C24H31NO3S/c1-21(2)19-8-10-23(21,24(15-19)16-28-24)17-29(26,27)25-13-11-22(12-14-25)9-7-18-5-3-4-6-20(18)22/h3-7,9,19H,8,10-17H2,1-2H3/t19-,23+,24?/m1/s1. The number of fused-ring (bicyclic) bond motifs is 5. The molecule has 156 valence electrons. The fourth-order valence-corrected chi connectivity index (χ4v) is 9.89. The summed E-state index contributed by atoms with van der Waals surface area (Å²) in [5.74, 6) is 0.869. The smallest absolute Gasteiger partial charge is 0.214 e. The number of nitrogens with zero attached hydrogens (tertiary/aromatic N) is 1. The van der Waals surface area contributed by atoms with Gasteiger partial charge in [0.15, 0.2) is 0 Å². The zero-order chi connectivity index (χ0) is 20.1. The fourth-order valence-electron chi connectivity index (χ4n) is 7.57. The highest BCUT2D eigenvalue weighted by Gasteiger charge is 2.77. The maximum absolute atomic E-state index is 13.6. The SMILES string of the molecule is CC1(C)[C@@H]2CC[C@@]1(CS(=O)(=O)N1CCC3(C=Cc4ccccc43)CC1)C1(CO1)C2. The van der Waals surface area contributed by atoms with Crippen molar-refractivity contribution in [2.24, 2.45) is 16.7 Å². The van der Waals surface area contributed by atoms with Crippen molar-refractivity contribution in [3.8, 4) is 0 Å². The number of epoxide rings is 1. The van der Waals surface area contributed by atoms with E-state index in [1.807, 2.05) is 0 Å². The average molecular weight is 414 g/mol. The number of allylic oxidation sites excluding steroid dienone is 1. The van der Waals surface area contributed by atoms with E-state index in [1.165, 1.54) is 11.1 Å². The Morgan fingerprint density at radius 2 is 1.86 bits per heavy atom. The molecule has 6 rings (SSSR count). The first-order chi connectivity index (χ1) is 13.7. The van der Waals surface area contributed by atoms with Gasteiger partial charge in [-0.3, -0.25) is 0 Å². The number of hydrogen-bond acceptors (Lipinski definition) is 3. The Bertz CT molecular complexity index is 999. The van der Waals surface area contributed by atoms with E-state index in [1.54, 1.807) is 4.31 Å². The van der Waals surface area contributed by atoms with Gasteiger partial charge >= 0.3 is 0 Å². The third-order valence-electron chi connectivity index (χ3n) is 9.63.